The van der Waals surface area contributed by atoms with Crippen LogP contribution < -0.4 is 11.1 Å². The van der Waals surface area contributed by atoms with Crippen LogP contribution in [0.5, 0.6) is 0 Å². The van der Waals surface area contributed by atoms with Gasteiger partial charge in [0.05, 0.1) is 12.9 Å². The molecule has 21 heavy (non-hydrogen) atoms. The van der Waals surface area contributed by atoms with Crippen LogP contribution in [0.3, 0.4) is 0 Å². The zero-order valence-corrected chi connectivity index (χ0v) is 13.4. The second-order valence-corrected chi connectivity index (χ2v) is 6.41. The molecule has 116 valence electrons. The SMILES string of the molecule is NC1(Cl)NC(I)=Nc2c1ncn2[C@@H]1O[C@H](CO)[C@@H](O)[C@H]1O. The molecule has 0 radical (unpaired) electrons. The van der Waals surface area contributed by atoms with Crippen molar-refractivity contribution in [2.45, 2.75) is 29.7 Å². The van der Waals surface area contributed by atoms with Crippen molar-refractivity contribution >= 4 is 43.9 Å². The first-order chi connectivity index (χ1) is 9.85. The number of aliphatic hydroxyl groups excluding tert-OH is 3. The van der Waals surface area contributed by atoms with Gasteiger partial charge in [-0.05, 0) is 22.6 Å². The fourth-order valence-electron chi connectivity index (χ4n) is 2.35. The topological polar surface area (TPSA) is 138 Å². The largest absolute Gasteiger partial charge is 0.394 e. The van der Waals surface area contributed by atoms with Gasteiger partial charge < -0.3 is 25.4 Å². The number of aliphatic hydroxyl groups is 3. The highest BCUT2D eigenvalue weighted by molar-refractivity contribution is 14.1. The van der Waals surface area contributed by atoms with Gasteiger partial charge in [0.15, 0.2) is 15.9 Å². The Morgan fingerprint density at radius 2 is 2.24 bits per heavy atom. The van der Waals surface area contributed by atoms with Crippen LogP contribution >= 0.6 is 34.2 Å². The Kier molecular flexibility index (Phi) is 3.88. The zero-order chi connectivity index (χ0) is 15.4. The first-order valence-corrected chi connectivity index (χ1v) is 7.50. The summed E-state index contributed by atoms with van der Waals surface area (Å²) in [6, 6.07) is 0. The van der Waals surface area contributed by atoms with Gasteiger partial charge in [0.1, 0.15) is 24.0 Å². The van der Waals surface area contributed by atoms with Gasteiger partial charge in [-0.25, -0.2) is 9.98 Å². The molecule has 0 aliphatic carbocycles. The van der Waals surface area contributed by atoms with Gasteiger partial charge in [-0.2, -0.15) is 0 Å². The molecule has 0 saturated carbocycles. The van der Waals surface area contributed by atoms with Gasteiger partial charge in [-0.3, -0.25) is 10.3 Å². The Morgan fingerprint density at radius 3 is 2.86 bits per heavy atom. The molecule has 0 aromatic carbocycles. The predicted molar refractivity (Wildman–Crippen MR) is 81.2 cm³/mol. The van der Waals surface area contributed by atoms with Crippen LogP contribution in [0.2, 0.25) is 0 Å². The van der Waals surface area contributed by atoms with Gasteiger partial charge in [-0.1, -0.05) is 11.6 Å². The number of nitrogens with one attached hydrogen (secondary N) is 1. The summed E-state index contributed by atoms with van der Waals surface area (Å²) < 4.78 is 7.33. The highest BCUT2D eigenvalue weighted by Gasteiger charge is 2.46. The van der Waals surface area contributed by atoms with E-state index in [9.17, 15) is 10.2 Å². The first kappa shape index (κ1) is 15.4. The maximum Gasteiger partial charge on any atom is 0.212 e. The fourth-order valence-corrected chi connectivity index (χ4v) is 3.38. The third-order valence-corrected chi connectivity index (χ3v) is 4.18. The number of amidine groups is 1. The minimum Gasteiger partial charge on any atom is -0.394 e. The van der Waals surface area contributed by atoms with Crippen LogP contribution in [0.4, 0.5) is 5.82 Å². The van der Waals surface area contributed by atoms with Crippen molar-refractivity contribution in [1.29, 1.82) is 0 Å². The Morgan fingerprint density at radius 1 is 1.52 bits per heavy atom. The number of halogens is 2. The number of alkyl halides is 1. The maximum absolute atomic E-state index is 10.1. The number of nitrogens with zero attached hydrogens (tertiary/aromatic N) is 3. The number of fused-ring (bicyclic) bond motifs is 1. The van der Waals surface area contributed by atoms with Crippen molar-refractivity contribution in [3.8, 4) is 0 Å². The van der Waals surface area contributed by atoms with Crippen LogP contribution in [0.1, 0.15) is 11.9 Å². The van der Waals surface area contributed by atoms with E-state index in [2.05, 4.69) is 15.3 Å². The minimum absolute atomic E-state index is 0.280. The summed E-state index contributed by atoms with van der Waals surface area (Å²) in [7, 11) is 0. The summed E-state index contributed by atoms with van der Waals surface area (Å²) in [5, 5.41) is 30.4. The summed E-state index contributed by atoms with van der Waals surface area (Å²) in [5.74, 6) is 0.325. The van der Waals surface area contributed by atoms with E-state index in [0.29, 0.717) is 9.66 Å². The molecular weight excluding hydrogens is 416 g/mol. The number of aliphatic imine (C=N–C) groups is 1. The third kappa shape index (κ3) is 2.44. The van der Waals surface area contributed by atoms with E-state index in [0.717, 1.165) is 0 Å². The van der Waals surface area contributed by atoms with Crippen molar-refractivity contribution in [3.63, 3.8) is 0 Å². The van der Waals surface area contributed by atoms with E-state index in [1.807, 2.05) is 22.6 Å². The summed E-state index contributed by atoms with van der Waals surface area (Å²) >= 11 is 8.07. The number of imidazole rings is 1. The fraction of sp³-hybridized carbons (Fsp3) is 0.600. The van der Waals surface area contributed by atoms with E-state index in [4.69, 9.17) is 27.2 Å². The molecular formula is C10H13ClIN5O4. The normalized spacial score (nSPS) is 38.9. The van der Waals surface area contributed by atoms with E-state index in [1.54, 1.807) is 0 Å². The molecule has 5 atom stereocenters. The van der Waals surface area contributed by atoms with Gasteiger partial charge >= 0.3 is 0 Å². The van der Waals surface area contributed by atoms with Crippen molar-refractivity contribution < 1.29 is 20.1 Å². The van der Waals surface area contributed by atoms with E-state index < -0.39 is 36.3 Å². The van der Waals surface area contributed by atoms with E-state index >= 15 is 0 Å². The van der Waals surface area contributed by atoms with Gasteiger partial charge in [0.25, 0.3) is 0 Å². The van der Waals surface area contributed by atoms with Crippen molar-refractivity contribution in [2.75, 3.05) is 6.61 Å². The van der Waals surface area contributed by atoms with Gasteiger partial charge in [-0.15, -0.1) is 0 Å². The lowest BCUT2D eigenvalue weighted by Gasteiger charge is -2.27. The smallest absolute Gasteiger partial charge is 0.212 e. The number of ether oxygens (including phenoxy) is 1. The Balaban J connectivity index is 2.01. The second kappa shape index (κ2) is 5.30. The number of nitrogens with two attached hydrogens (primary N) is 1. The molecule has 3 heterocycles. The summed E-state index contributed by atoms with van der Waals surface area (Å²) in [6.45, 7) is -0.412. The molecule has 0 spiro atoms. The van der Waals surface area contributed by atoms with Crippen molar-refractivity contribution in [2.24, 2.45) is 10.7 Å². The molecule has 2 aliphatic rings. The molecule has 0 amide bonds. The lowest BCUT2D eigenvalue weighted by Crippen LogP contribution is -2.49. The van der Waals surface area contributed by atoms with Gasteiger partial charge in [0.2, 0.25) is 5.12 Å². The van der Waals surface area contributed by atoms with Crippen LogP contribution in [0.25, 0.3) is 0 Å². The third-order valence-electron chi connectivity index (χ3n) is 3.39. The Labute approximate surface area is 137 Å². The van der Waals surface area contributed by atoms with Crippen LogP contribution in [0, 0.1) is 0 Å². The highest BCUT2D eigenvalue weighted by atomic mass is 127. The molecule has 1 fully saturated rings. The Bertz CT molecular complexity index is 594. The second-order valence-electron chi connectivity index (χ2n) is 4.79. The van der Waals surface area contributed by atoms with Crippen LogP contribution in [-0.4, -0.2) is 53.6 Å². The standard InChI is InChI=1S/C10H13ClIN5O4/c11-10(13)6-7(15-9(12)16-10)17(2-14-6)8-5(20)4(19)3(1-18)21-8/h2-5,8,18-20H,1,13H2,(H,15,16)/t3-,4-,5-,8-,10?/m1/s1. The van der Waals surface area contributed by atoms with Crippen LogP contribution in [0.15, 0.2) is 11.3 Å². The molecule has 2 aliphatic heterocycles. The van der Waals surface area contributed by atoms with Crippen molar-refractivity contribution in [1.82, 2.24) is 14.9 Å². The summed E-state index contributed by atoms with van der Waals surface area (Å²) in [5.41, 5.74) is 6.19. The maximum atomic E-state index is 10.1. The molecule has 1 saturated heterocycles. The van der Waals surface area contributed by atoms with E-state index in [1.165, 1.54) is 10.9 Å². The molecule has 3 rings (SSSR count). The molecule has 1 aromatic rings. The van der Waals surface area contributed by atoms with Crippen LogP contribution in [-0.2, 0) is 9.86 Å². The molecule has 0 bridgehead atoms. The lowest BCUT2D eigenvalue weighted by molar-refractivity contribution is -0.0520. The molecule has 11 heteroatoms. The number of aromatic nitrogens is 2. The molecule has 9 nitrogen and oxygen atoms in total. The zero-order valence-electron chi connectivity index (χ0n) is 10.5. The predicted octanol–water partition coefficient (Wildman–Crippen LogP) is -1.17. The Hall–Kier alpha value is -0.500. The van der Waals surface area contributed by atoms with Crippen molar-refractivity contribution in [3.05, 3.63) is 12.0 Å². The van der Waals surface area contributed by atoms with E-state index in [-0.39, 0.29) is 5.69 Å². The molecule has 1 unspecified atom stereocenters. The number of rotatable bonds is 2. The quantitative estimate of drug-likeness (QED) is 0.227. The highest BCUT2D eigenvalue weighted by Crippen LogP contribution is 2.38. The number of hydrogen-bond acceptors (Lipinski definition) is 8. The molecule has 1 aromatic heterocycles. The average Bonchev–Trinajstić information content (AvgIpc) is 2.93. The molecule has 6 N–H and O–H groups in total. The lowest BCUT2D eigenvalue weighted by atomic mass is 10.1. The minimum atomic E-state index is -1.42. The average molecular weight is 430 g/mol. The monoisotopic (exact) mass is 429 g/mol. The summed E-state index contributed by atoms with van der Waals surface area (Å²) in [6.07, 6.45) is -2.89. The summed E-state index contributed by atoms with van der Waals surface area (Å²) in [4.78, 5) is 8.35. The first-order valence-electron chi connectivity index (χ1n) is 6.05. The van der Waals surface area contributed by atoms with Gasteiger partial charge in [0, 0.05) is 0 Å². The number of hydrogen-bond donors (Lipinski definition) is 5.